The van der Waals surface area contributed by atoms with Crippen LogP contribution in [-0.2, 0) is 5.75 Å². The molecule has 2 aromatic rings. The highest BCUT2D eigenvalue weighted by molar-refractivity contribution is 9.10. The average Bonchev–Trinajstić information content (AvgIpc) is 2.37. The summed E-state index contributed by atoms with van der Waals surface area (Å²) in [7, 11) is 0. The van der Waals surface area contributed by atoms with Gasteiger partial charge in [-0.05, 0) is 39.7 Å². The van der Waals surface area contributed by atoms with Crippen molar-refractivity contribution in [1.82, 2.24) is 0 Å². The number of nitrogens with two attached hydrogens (primary N) is 1. The summed E-state index contributed by atoms with van der Waals surface area (Å²) in [5, 5.41) is 10.8. The highest BCUT2D eigenvalue weighted by Crippen LogP contribution is 2.33. The summed E-state index contributed by atoms with van der Waals surface area (Å²) < 4.78 is 0.538. The molecule has 0 aromatic heterocycles. The Morgan fingerprint density at radius 1 is 1.26 bits per heavy atom. The van der Waals surface area contributed by atoms with Gasteiger partial charge in [-0.1, -0.05) is 18.2 Å². The summed E-state index contributed by atoms with van der Waals surface area (Å²) in [5.74, 6) is 0.645. The second-order valence-corrected chi connectivity index (χ2v) is 5.71. The van der Waals surface area contributed by atoms with Crippen LogP contribution in [0.15, 0.2) is 51.8 Å². The van der Waals surface area contributed by atoms with Crippen molar-refractivity contribution >= 4 is 39.1 Å². The molecular weight excluding hydrogens is 328 g/mol. The average molecular weight is 339 g/mol. The molecule has 0 radical (unpaired) electrons. The van der Waals surface area contributed by atoms with Gasteiger partial charge in [0.25, 0.3) is 5.69 Å². The first kappa shape index (κ1) is 13.9. The van der Waals surface area contributed by atoms with E-state index in [9.17, 15) is 10.1 Å². The predicted octanol–water partition coefficient (Wildman–Crippen LogP) is 4.23. The van der Waals surface area contributed by atoms with E-state index in [0.29, 0.717) is 15.9 Å². The van der Waals surface area contributed by atoms with E-state index >= 15 is 0 Å². The zero-order valence-electron chi connectivity index (χ0n) is 9.88. The Morgan fingerprint density at radius 3 is 2.68 bits per heavy atom. The summed E-state index contributed by atoms with van der Waals surface area (Å²) in [4.78, 5) is 11.5. The van der Waals surface area contributed by atoms with Crippen molar-refractivity contribution in [2.24, 2.45) is 0 Å². The molecule has 0 fully saturated rings. The van der Waals surface area contributed by atoms with E-state index in [1.807, 2.05) is 30.3 Å². The SMILES string of the molecule is Nc1cccc(SCc2cccc([N+](=O)[O-])c2Br)c1. The van der Waals surface area contributed by atoms with Gasteiger partial charge in [-0.25, -0.2) is 0 Å². The molecule has 0 aliphatic rings. The van der Waals surface area contributed by atoms with Crippen LogP contribution >= 0.6 is 27.7 Å². The molecular formula is C13H11BrN2O2S. The maximum absolute atomic E-state index is 10.8. The number of thioether (sulfide) groups is 1. The van der Waals surface area contributed by atoms with Crippen molar-refractivity contribution in [3.63, 3.8) is 0 Å². The lowest BCUT2D eigenvalue weighted by molar-refractivity contribution is -0.385. The molecule has 0 aliphatic carbocycles. The summed E-state index contributed by atoms with van der Waals surface area (Å²) in [6, 6.07) is 12.6. The zero-order chi connectivity index (χ0) is 13.8. The molecule has 0 bridgehead atoms. The van der Waals surface area contributed by atoms with Gasteiger partial charge in [-0.2, -0.15) is 0 Å². The zero-order valence-corrected chi connectivity index (χ0v) is 12.3. The Balaban J connectivity index is 2.16. The fraction of sp³-hybridized carbons (Fsp3) is 0.0769. The molecule has 4 nitrogen and oxygen atoms in total. The predicted molar refractivity (Wildman–Crippen MR) is 81.2 cm³/mol. The first-order valence-electron chi connectivity index (χ1n) is 5.48. The normalized spacial score (nSPS) is 10.4. The van der Waals surface area contributed by atoms with Crippen LogP contribution in [0.3, 0.4) is 0 Å². The van der Waals surface area contributed by atoms with Crippen LogP contribution in [0.5, 0.6) is 0 Å². The molecule has 6 heteroatoms. The summed E-state index contributed by atoms with van der Waals surface area (Å²) in [6.45, 7) is 0. The van der Waals surface area contributed by atoms with Crippen molar-refractivity contribution < 1.29 is 4.92 Å². The molecule has 0 unspecified atom stereocenters. The maximum Gasteiger partial charge on any atom is 0.283 e. The van der Waals surface area contributed by atoms with Gasteiger partial charge in [-0.15, -0.1) is 11.8 Å². The monoisotopic (exact) mass is 338 g/mol. The summed E-state index contributed by atoms with van der Waals surface area (Å²) >= 11 is 4.88. The van der Waals surface area contributed by atoms with Crippen molar-refractivity contribution in [3.8, 4) is 0 Å². The van der Waals surface area contributed by atoms with Crippen LogP contribution in [0.2, 0.25) is 0 Å². The minimum absolute atomic E-state index is 0.0886. The van der Waals surface area contributed by atoms with E-state index in [0.717, 1.165) is 10.5 Å². The second kappa shape index (κ2) is 6.08. The van der Waals surface area contributed by atoms with E-state index in [4.69, 9.17) is 5.73 Å². The van der Waals surface area contributed by atoms with Gasteiger partial charge >= 0.3 is 0 Å². The Labute approximate surface area is 123 Å². The number of nitro groups is 1. The third-order valence-electron chi connectivity index (χ3n) is 2.51. The van der Waals surface area contributed by atoms with E-state index < -0.39 is 4.92 Å². The quantitative estimate of drug-likeness (QED) is 0.392. The Hall–Kier alpha value is -1.53. The van der Waals surface area contributed by atoms with Gasteiger partial charge in [-0.3, -0.25) is 10.1 Å². The molecule has 0 saturated heterocycles. The van der Waals surface area contributed by atoms with Crippen LogP contribution in [0, 0.1) is 10.1 Å². The topological polar surface area (TPSA) is 69.2 Å². The van der Waals surface area contributed by atoms with Gasteiger partial charge in [0.2, 0.25) is 0 Å². The van der Waals surface area contributed by atoms with Crippen LogP contribution in [0.1, 0.15) is 5.56 Å². The lowest BCUT2D eigenvalue weighted by Crippen LogP contribution is -1.92. The van der Waals surface area contributed by atoms with Crippen LogP contribution < -0.4 is 5.73 Å². The van der Waals surface area contributed by atoms with Crippen molar-refractivity contribution in [1.29, 1.82) is 0 Å². The second-order valence-electron chi connectivity index (χ2n) is 3.87. The number of hydrogen-bond acceptors (Lipinski definition) is 4. The highest BCUT2D eigenvalue weighted by atomic mass is 79.9. The van der Waals surface area contributed by atoms with Crippen LogP contribution in [0.25, 0.3) is 0 Å². The number of hydrogen-bond donors (Lipinski definition) is 1. The van der Waals surface area contributed by atoms with E-state index in [-0.39, 0.29) is 5.69 Å². The molecule has 0 saturated carbocycles. The third kappa shape index (κ3) is 3.48. The largest absolute Gasteiger partial charge is 0.399 e. The first-order valence-corrected chi connectivity index (χ1v) is 7.26. The van der Waals surface area contributed by atoms with Crippen molar-refractivity contribution in [2.45, 2.75) is 10.6 Å². The molecule has 0 atom stereocenters. The Kier molecular flexibility index (Phi) is 4.44. The molecule has 0 aliphatic heterocycles. The number of benzene rings is 2. The van der Waals surface area contributed by atoms with E-state index in [2.05, 4.69) is 15.9 Å². The number of halogens is 1. The molecule has 0 amide bonds. The molecule has 2 rings (SSSR count). The molecule has 0 spiro atoms. The highest BCUT2D eigenvalue weighted by Gasteiger charge is 2.14. The number of nitrogen functional groups attached to an aromatic ring is 1. The van der Waals surface area contributed by atoms with Crippen molar-refractivity contribution in [2.75, 3.05) is 5.73 Å². The molecule has 0 heterocycles. The van der Waals surface area contributed by atoms with Gasteiger partial charge in [0.05, 0.1) is 9.40 Å². The lowest BCUT2D eigenvalue weighted by atomic mass is 10.2. The van der Waals surface area contributed by atoms with Crippen LogP contribution in [-0.4, -0.2) is 4.92 Å². The van der Waals surface area contributed by atoms with Gasteiger partial charge < -0.3 is 5.73 Å². The minimum atomic E-state index is -0.390. The maximum atomic E-state index is 10.8. The lowest BCUT2D eigenvalue weighted by Gasteiger charge is -2.05. The smallest absolute Gasteiger partial charge is 0.283 e. The summed E-state index contributed by atoms with van der Waals surface area (Å²) in [5.41, 5.74) is 7.40. The summed E-state index contributed by atoms with van der Waals surface area (Å²) in [6.07, 6.45) is 0. The number of nitrogens with zero attached hydrogens (tertiary/aromatic N) is 1. The molecule has 19 heavy (non-hydrogen) atoms. The molecule has 2 N–H and O–H groups in total. The van der Waals surface area contributed by atoms with Gasteiger partial charge in [0, 0.05) is 22.4 Å². The molecule has 2 aromatic carbocycles. The van der Waals surface area contributed by atoms with E-state index in [1.165, 1.54) is 6.07 Å². The van der Waals surface area contributed by atoms with Gasteiger partial charge in [0.15, 0.2) is 0 Å². The first-order chi connectivity index (χ1) is 9.08. The number of nitro benzene ring substituents is 1. The fourth-order valence-corrected chi connectivity index (χ4v) is 3.28. The number of rotatable bonds is 4. The van der Waals surface area contributed by atoms with Crippen molar-refractivity contribution in [3.05, 3.63) is 62.6 Å². The standard InChI is InChI=1S/C13H11BrN2O2S/c14-13-9(3-1-6-12(13)16(17)18)8-19-11-5-2-4-10(15)7-11/h1-7H,8,15H2. The Morgan fingerprint density at radius 2 is 2.00 bits per heavy atom. The third-order valence-corrected chi connectivity index (χ3v) is 4.47. The van der Waals surface area contributed by atoms with E-state index in [1.54, 1.807) is 17.8 Å². The van der Waals surface area contributed by atoms with Crippen LogP contribution in [0.4, 0.5) is 11.4 Å². The number of anilines is 1. The Bertz CT molecular complexity index is 619. The fourth-order valence-electron chi connectivity index (χ4n) is 1.58. The minimum Gasteiger partial charge on any atom is -0.399 e. The molecule has 98 valence electrons. The van der Waals surface area contributed by atoms with Gasteiger partial charge in [0.1, 0.15) is 0 Å².